The molecule has 1 heterocycles. The molecular weight excluding hydrogens is 280 g/mol. The number of aromatic nitrogens is 1. The molecule has 2 heteroatoms. The van der Waals surface area contributed by atoms with Gasteiger partial charge >= 0.3 is 0 Å². The molecule has 0 saturated carbocycles. The van der Waals surface area contributed by atoms with Gasteiger partial charge in [-0.05, 0) is 67.0 Å². The quantitative estimate of drug-likeness (QED) is 0.740. The lowest BCUT2D eigenvalue weighted by Crippen LogP contribution is -2.16. The Balaban J connectivity index is 1.63. The van der Waals surface area contributed by atoms with Crippen molar-refractivity contribution >= 4 is 10.9 Å². The summed E-state index contributed by atoms with van der Waals surface area (Å²) in [7, 11) is 0. The highest BCUT2D eigenvalue weighted by atomic mass is 14.7. The summed E-state index contributed by atoms with van der Waals surface area (Å²) in [5.74, 6) is 0.390. The number of benzene rings is 2. The Hall–Kier alpha value is -2.06. The summed E-state index contributed by atoms with van der Waals surface area (Å²) in [5, 5.41) is 1.32. The number of para-hydroxylation sites is 1. The molecule has 0 amide bonds. The standard InChI is InChI=1S/C21H24N2/c22-13-18(12-19-14-23-21-8-4-3-7-20(19)21)17-10-9-15-5-1-2-6-16(15)11-17/h3-4,7-11,14,18,23H,1-2,5-6,12-13,22H2. The maximum Gasteiger partial charge on any atom is 0.0456 e. The molecule has 1 aliphatic rings. The van der Waals surface area contributed by atoms with Crippen molar-refractivity contribution in [2.75, 3.05) is 6.54 Å². The summed E-state index contributed by atoms with van der Waals surface area (Å²) in [6, 6.07) is 15.6. The van der Waals surface area contributed by atoms with E-state index in [0.717, 1.165) is 6.42 Å². The van der Waals surface area contributed by atoms with E-state index in [4.69, 9.17) is 5.73 Å². The molecule has 0 fully saturated rings. The molecule has 4 rings (SSSR count). The molecule has 3 N–H and O–H groups in total. The van der Waals surface area contributed by atoms with Gasteiger partial charge in [0, 0.05) is 23.0 Å². The van der Waals surface area contributed by atoms with E-state index in [1.807, 2.05) is 0 Å². The number of aryl methyl sites for hydroxylation is 2. The minimum atomic E-state index is 0.390. The summed E-state index contributed by atoms with van der Waals surface area (Å²) >= 11 is 0. The molecule has 2 nitrogen and oxygen atoms in total. The number of H-pyrrole nitrogens is 1. The van der Waals surface area contributed by atoms with Crippen molar-refractivity contribution in [2.24, 2.45) is 5.73 Å². The van der Waals surface area contributed by atoms with Crippen LogP contribution in [-0.2, 0) is 19.3 Å². The Kier molecular flexibility index (Phi) is 3.92. The van der Waals surface area contributed by atoms with Gasteiger partial charge in [-0.15, -0.1) is 0 Å². The van der Waals surface area contributed by atoms with Gasteiger partial charge in [0.1, 0.15) is 0 Å². The third kappa shape index (κ3) is 2.79. The molecule has 23 heavy (non-hydrogen) atoms. The second-order valence-corrected chi connectivity index (χ2v) is 6.73. The molecular formula is C21H24N2. The van der Waals surface area contributed by atoms with Crippen molar-refractivity contribution in [1.82, 2.24) is 4.98 Å². The van der Waals surface area contributed by atoms with E-state index in [0.29, 0.717) is 12.5 Å². The maximum absolute atomic E-state index is 6.13. The fourth-order valence-corrected chi connectivity index (χ4v) is 3.91. The summed E-state index contributed by atoms with van der Waals surface area (Å²) in [5.41, 5.74) is 13.2. The zero-order valence-corrected chi connectivity index (χ0v) is 13.5. The van der Waals surface area contributed by atoms with Crippen LogP contribution in [0.3, 0.4) is 0 Å². The van der Waals surface area contributed by atoms with Gasteiger partial charge in [0.2, 0.25) is 0 Å². The lowest BCUT2D eigenvalue weighted by Gasteiger charge is -2.20. The van der Waals surface area contributed by atoms with Crippen LogP contribution in [0.1, 0.15) is 41.0 Å². The molecule has 0 aliphatic heterocycles. The van der Waals surface area contributed by atoms with Gasteiger partial charge in [-0.1, -0.05) is 36.4 Å². The van der Waals surface area contributed by atoms with Crippen molar-refractivity contribution in [3.05, 3.63) is 70.9 Å². The summed E-state index contributed by atoms with van der Waals surface area (Å²) in [6.45, 7) is 0.693. The van der Waals surface area contributed by atoms with Crippen LogP contribution in [0.4, 0.5) is 0 Å². The van der Waals surface area contributed by atoms with E-state index < -0.39 is 0 Å². The smallest absolute Gasteiger partial charge is 0.0456 e. The van der Waals surface area contributed by atoms with E-state index in [9.17, 15) is 0 Å². The summed E-state index contributed by atoms with van der Waals surface area (Å²) in [6.07, 6.45) is 8.28. The van der Waals surface area contributed by atoms with E-state index in [1.54, 1.807) is 11.1 Å². The molecule has 1 atom stereocenters. The molecule has 3 aromatic rings. The van der Waals surface area contributed by atoms with E-state index in [1.165, 1.54) is 47.7 Å². The SMILES string of the molecule is NCC(Cc1c[nH]c2ccccc12)c1ccc2c(c1)CCCC2. The number of hydrogen-bond donors (Lipinski definition) is 2. The Bertz CT molecular complexity index is 816. The van der Waals surface area contributed by atoms with E-state index >= 15 is 0 Å². The predicted octanol–water partition coefficient (Wildman–Crippen LogP) is 4.33. The molecule has 118 valence electrons. The van der Waals surface area contributed by atoms with Crippen molar-refractivity contribution in [2.45, 2.75) is 38.0 Å². The van der Waals surface area contributed by atoms with Gasteiger partial charge in [-0.25, -0.2) is 0 Å². The van der Waals surface area contributed by atoms with Crippen LogP contribution >= 0.6 is 0 Å². The number of rotatable bonds is 4. The molecule has 0 radical (unpaired) electrons. The Labute approximate surface area is 137 Å². The van der Waals surface area contributed by atoms with Gasteiger partial charge in [0.05, 0.1) is 0 Å². The minimum absolute atomic E-state index is 0.390. The fraction of sp³-hybridized carbons (Fsp3) is 0.333. The minimum Gasteiger partial charge on any atom is -0.361 e. The molecule has 1 aromatic heterocycles. The van der Waals surface area contributed by atoms with Crippen LogP contribution in [0.2, 0.25) is 0 Å². The van der Waals surface area contributed by atoms with Crippen molar-refractivity contribution in [3.8, 4) is 0 Å². The molecule has 0 saturated heterocycles. The van der Waals surface area contributed by atoms with Crippen LogP contribution in [0.15, 0.2) is 48.7 Å². The number of aromatic amines is 1. The van der Waals surface area contributed by atoms with Crippen molar-refractivity contribution in [3.63, 3.8) is 0 Å². The van der Waals surface area contributed by atoms with Gasteiger partial charge in [0.15, 0.2) is 0 Å². The van der Waals surface area contributed by atoms with Crippen LogP contribution in [0.25, 0.3) is 10.9 Å². The van der Waals surface area contributed by atoms with Crippen LogP contribution in [-0.4, -0.2) is 11.5 Å². The number of hydrogen-bond acceptors (Lipinski definition) is 1. The highest BCUT2D eigenvalue weighted by molar-refractivity contribution is 5.83. The van der Waals surface area contributed by atoms with Crippen LogP contribution in [0.5, 0.6) is 0 Å². The normalized spacial score (nSPS) is 15.5. The third-order valence-electron chi connectivity index (χ3n) is 5.27. The van der Waals surface area contributed by atoms with Crippen molar-refractivity contribution in [1.29, 1.82) is 0 Å². The lowest BCUT2D eigenvalue weighted by atomic mass is 9.85. The highest BCUT2D eigenvalue weighted by Gasteiger charge is 2.16. The fourth-order valence-electron chi connectivity index (χ4n) is 3.91. The Morgan fingerprint density at radius 3 is 2.70 bits per heavy atom. The molecule has 1 unspecified atom stereocenters. The monoisotopic (exact) mass is 304 g/mol. The average Bonchev–Trinajstić information content (AvgIpc) is 3.02. The van der Waals surface area contributed by atoms with Gasteiger partial charge in [-0.3, -0.25) is 0 Å². The van der Waals surface area contributed by atoms with Crippen LogP contribution in [0, 0.1) is 0 Å². The lowest BCUT2D eigenvalue weighted by molar-refractivity contribution is 0.669. The third-order valence-corrected chi connectivity index (χ3v) is 5.27. The summed E-state index contributed by atoms with van der Waals surface area (Å²) < 4.78 is 0. The van der Waals surface area contributed by atoms with Gasteiger partial charge in [-0.2, -0.15) is 0 Å². The molecule has 1 aliphatic carbocycles. The zero-order valence-electron chi connectivity index (χ0n) is 13.5. The predicted molar refractivity (Wildman–Crippen MR) is 96.9 cm³/mol. The van der Waals surface area contributed by atoms with Crippen molar-refractivity contribution < 1.29 is 0 Å². The zero-order chi connectivity index (χ0) is 15.6. The number of nitrogens with one attached hydrogen (secondary N) is 1. The molecule has 0 spiro atoms. The van der Waals surface area contributed by atoms with Gasteiger partial charge < -0.3 is 10.7 Å². The van der Waals surface area contributed by atoms with E-state index in [2.05, 4.69) is 53.6 Å². The van der Waals surface area contributed by atoms with Gasteiger partial charge in [0.25, 0.3) is 0 Å². The van der Waals surface area contributed by atoms with E-state index in [-0.39, 0.29) is 0 Å². The summed E-state index contributed by atoms with van der Waals surface area (Å²) in [4.78, 5) is 3.38. The second-order valence-electron chi connectivity index (χ2n) is 6.73. The maximum atomic E-state index is 6.13. The Morgan fingerprint density at radius 1 is 1.00 bits per heavy atom. The number of nitrogens with two attached hydrogens (primary N) is 1. The second kappa shape index (κ2) is 6.21. The molecule has 0 bridgehead atoms. The largest absolute Gasteiger partial charge is 0.361 e. The van der Waals surface area contributed by atoms with Crippen LogP contribution < -0.4 is 5.73 Å². The number of fused-ring (bicyclic) bond motifs is 2. The average molecular weight is 304 g/mol. The first-order chi connectivity index (χ1) is 11.3. The highest BCUT2D eigenvalue weighted by Crippen LogP contribution is 2.29. The first kappa shape index (κ1) is 14.5. The first-order valence-corrected chi connectivity index (χ1v) is 8.72. The molecule has 2 aromatic carbocycles. The topological polar surface area (TPSA) is 41.8 Å². The first-order valence-electron chi connectivity index (χ1n) is 8.72. The Morgan fingerprint density at radius 2 is 1.83 bits per heavy atom.